The average molecular weight is 253 g/mol. The second-order valence-corrected chi connectivity index (χ2v) is 4.47. The molecule has 1 fully saturated rings. The van der Waals surface area contributed by atoms with E-state index in [1.165, 1.54) is 19.2 Å². The monoisotopic (exact) mass is 253 g/mol. The van der Waals surface area contributed by atoms with Gasteiger partial charge in [-0.3, -0.25) is 0 Å². The normalized spacial score (nSPS) is 26.3. The molecule has 0 saturated heterocycles. The molecule has 0 amide bonds. The van der Waals surface area contributed by atoms with Crippen LogP contribution in [0.4, 0.5) is 10.1 Å². The molecule has 0 atom stereocenters. The number of anilines is 1. The highest BCUT2D eigenvalue weighted by atomic mass is 19.1. The van der Waals surface area contributed by atoms with Gasteiger partial charge in [0.2, 0.25) is 0 Å². The number of carbonyl (C=O) groups is 1. The Morgan fingerprint density at radius 1 is 1.33 bits per heavy atom. The van der Waals surface area contributed by atoms with Gasteiger partial charge in [0.05, 0.1) is 13.2 Å². The Labute approximate surface area is 105 Å². The molecule has 0 spiro atoms. The summed E-state index contributed by atoms with van der Waals surface area (Å²) in [6, 6.07) is 5.89. The van der Waals surface area contributed by atoms with Gasteiger partial charge in [-0.2, -0.15) is 0 Å². The minimum Gasteiger partial charge on any atom is -0.467 e. The maximum atomic E-state index is 12.8. The van der Waals surface area contributed by atoms with E-state index < -0.39 is 5.54 Å². The van der Waals surface area contributed by atoms with E-state index >= 15 is 0 Å². The van der Waals surface area contributed by atoms with E-state index in [-0.39, 0.29) is 17.9 Å². The summed E-state index contributed by atoms with van der Waals surface area (Å²) in [4.78, 5) is 11.8. The first kappa shape index (κ1) is 12.8. The summed E-state index contributed by atoms with van der Waals surface area (Å²) in [5, 5.41) is 3.11. The van der Waals surface area contributed by atoms with Crippen LogP contribution >= 0.6 is 0 Å². The molecule has 98 valence electrons. The van der Waals surface area contributed by atoms with Crippen LogP contribution in [-0.4, -0.2) is 31.8 Å². The van der Waals surface area contributed by atoms with Crippen molar-refractivity contribution in [3.63, 3.8) is 0 Å². The van der Waals surface area contributed by atoms with E-state index in [0.29, 0.717) is 18.5 Å². The summed E-state index contributed by atoms with van der Waals surface area (Å²) >= 11 is 0. The lowest BCUT2D eigenvalue weighted by molar-refractivity contribution is -0.154. The number of methoxy groups -OCH3 is 2. The van der Waals surface area contributed by atoms with Gasteiger partial charge in [-0.05, 0) is 24.3 Å². The van der Waals surface area contributed by atoms with Crippen LogP contribution in [0.1, 0.15) is 12.8 Å². The number of hydrogen-bond donors (Lipinski definition) is 1. The molecule has 1 aromatic carbocycles. The van der Waals surface area contributed by atoms with Gasteiger partial charge in [0.25, 0.3) is 0 Å². The zero-order chi connectivity index (χ0) is 13.2. The van der Waals surface area contributed by atoms with E-state index in [1.54, 1.807) is 19.2 Å². The largest absolute Gasteiger partial charge is 0.467 e. The smallest absolute Gasteiger partial charge is 0.331 e. The molecule has 0 aliphatic heterocycles. The van der Waals surface area contributed by atoms with Crippen LogP contribution in [0.3, 0.4) is 0 Å². The van der Waals surface area contributed by atoms with Crippen LogP contribution in [0, 0.1) is 5.82 Å². The maximum Gasteiger partial charge on any atom is 0.331 e. The second kappa shape index (κ2) is 4.94. The lowest BCUT2D eigenvalue weighted by Gasteiger charge is -2.45. The molecule has 0 aromatic heterocycles. The second-order valence-electron chi connectivity index (χ2n) is 4.47. The molecular weight excluding hydrogens is 237 g/mol. The fraction of sp³-hybridized carbons (Fsp3) is 0.462. The number of carbonyl (C=O) groups excluding carboxylic acids is 1. The van der Waals surface area contributed by atoms with Gasteiger partial charge in [-0.15, -0.1) is 0 Å². The molecule has 0 radical (unpaired) electrons. The van der Waals surface area contributed by atoms with Gasteiger partial charge in [0.1, 0.15) is 11.4 Å². The number of nitrogens with one attached hydrogen (secondary N) is 1. The first-order chi connectivity index (χ1) is 8.59. The Morgan fingerprint density at radius 3 is 2.44 bits per heavy atom. The summed E-state index contributed by atoms with van der Waals surface area (Å²) < 4.78 is 22.8. The van der Waals surface area contributed by atoms with E-state index in [0.717, 1.165) is 0 Å². The molecule has 1 aromatic rings. The van der Waals surface area contributed by atoms with Crippen molar-refractivity contribution in [2.45, 2.75) is 24.5 Å². The topological polar surface area (TPSA) is 47.6 Å². The van der Waals surface area contributed by atoms with Crippen molar-refractivity contribution in [2.24, 2.45) is 0 Å². The highest BCUT2D eigenvalue weighted by Crippen LogP contribution is 2.38. The molecule has 1 saturated carbocycles. The molecule has 4 nitrogen and oxygen atoms in total. The van der Waals surface area contributed by atoms with Crippen molar-refractivity contribution in [3.8, 4) is 0 Å². The van der Waals surface area contributed by atoms with Crippen molar-refractivity contribution in [1.29, 1.82) is 0 Å². The van der Waals surface area contributed by atoms with Gasteiger partial charge >= 0.3 is 5.97 Å². The van der Waals surface area contributed by atoms with Crippen LogP contribution in [0.25, 0.3) is 0 Å². The molecule has 1 N–H and O–H groups in total. The van der Waals surface area contributed by atoms with Crippen molar-refractivity contribution in [1.82, 2.24) is 0 Å². The highest BCUT2D eigenvalue weighted by molar-refractivity contribution is 5.86. The lowest BCUT2D eigenvalue weighted by atomic mass is 9.74. The minimum absolute atomic E-state index is 0.0528. The molecule has 1 aliphatic rings. The zero-order valence-corrected chi connectivity index (χ0v) is 10.4. The van der Waals surface area contributed by atoms with Crippen LogP contribution < -0.4 is 5.32 Å². The molecule has 0 heterocycles. The van der Waals surface area contributed by atoms with E-state index in [1.807, 2.05) is 0 Å². The lowest BCUT2D eigenvalue weighted by Crippen LogP contribution is -2.59. The Balaban J connectivity index is 2.12. The summed E-state index contributed by atoms with van der Waals surface area (Å²) in [5.74, 6) is -0.629. The predicted molar refractivity (Wildman–Crippen MR) is 64.8 cm³/mol. The number of esters is 1. The number of hydrogen-bond acceptors (Lipinski definition) is 4. The van der Waals surface area contributed by atoms with Crippen LogP contribution in [0.15, 0.2) is 24.3 Å². The Kier molecular flexibility index (Phi) is 3.52. The van der Waals surface area contributed by atoms with Gasteiger partial charge in [0, 0.05) is 25.6 Å². The van der Waals surface area contributed by atoms with Gasteiger partial charge in [-0.1, -0.05) is 0 Å². The van der Waals surface area contributed by atoms with E-state index in [2.05, 4.69) is 5.32 Å². The standard InChI is InChI=1S/C13H16FNO3/c1-17-11-7-13(8-11,12(16)18-2)15-10-5-3-9(14)4-6-10/h3-6,11,15H,7-8H2,1-2H3. The summed E-state index contributed by atoms with van der Waals surface area (Å²) in [7, 11) is 2.97. The van der Waals surface area contributed by atoms with Gasteiger partial charge in [0.15, 0.2) is 0 Å². The fourth-order valence-electron chi connectivity index (χ4n) is 2.21. The third kappa shape index (κ3) is 2.31. The zero-order valence-electron chi connectivity index (χ0n) is 10.4. The third-order valence-corrected chi connectivity index (χ3v) is 3.29. The molecule has 2 rings (SSSR count). The van der Waals surface area contributed by atoms with Gasteiger partial charge < -0.3 is 14.8 Å². The van der Waals surface area contributed by atoms with Gasteiger partial charge in [-0.25, -0.2) is 9.18 Å². The van der Waals surface area contributed by atoms with E-state index in [4.69, 9.17) is 9.47 Å². The highest BCUT2D eigenvalue weighted by Gasteiger charge is 2.51. The van der Waals surface area contributed by atoms with Crippen LogP contribution in [-0.2, 0) is 14.3 Å². The summed E-state index contributed by atoms with van der Waals surface area (Å²) in [5.41, 5.74) is -0.0656. The molecular formula is C13H16FNO3. The SMILES string of the molecule is COC(=O)C1(Nc2ccc(F)cc2)CC(OC)C1. The molecule has 5 heteroatoms. The number of ether oxygens (including phenoxy) is 2. The molecule has 0 bridgehead atoms. The first-order valence-electron chi connectivity index (χ1n) is 5.74. The number of halogens is 1. The Bertz CT molecular complexity index is 426. The first-order valence-corrected chi connectivity index (χ1v) is 5.74. The fourth-order valence-corrected chi connectivity index (χ4v) is 2.21. The maximum absolute atomic E-state index is 12.8. The van der Waals surface area contributed by atoms with Crippen molar-refractivity contribution >= 4 is 11.7 Å². The van der Waals surface area contributed by atoms with E-state index in [9.17, 15) is 9.18 Å². The van der Waals surface area contributed by atoms with Crippen LogP contribution in [0.2, 0.25) is 0 Å². The van der Waals surface area contributed by atoms with Crippen molar-refractivity contribution in [3.05, 3.63) is 30.1 Å². The third-order valence-electron chi connectivity index (χ3n) is 3.29. The molecule has 18 heavy (non-hydrogen) atoms. The van der Waals surface area contributed by atoms with Crippen molar-refractivity contribution < 1.29 is 18.7 Å². The summed E-state index contributed by atoms with van der Waals surface area (Å²) in [6.45, 7) is 0. The molecule has 1 aliphatic carbocycles. The minimum atomic E-state index is -0.757. The quantitative estimate of drug-likeness (QED) is 0.833. The summed E-state index contributed by atoms with van der Waals surface area (Å²) in [6.07, 6.45) is 1.15. The number of benzene rings is 1. The molecule has 0 unspecified atom stereocenters. The predicted octanol–water partition coefficient (Wildman–Crippen LogP) is 1.96. The van der Waals surface area contributed by atoms with Crippen molar-refractivity contribution in [2.75, 3.05) is 19.5 Å². The Morgan fingerprint density at radius 2 is 1.94 bits per heavy atom. The number of rotatable bonds is 4. The average Bonchev–Trinajstić information content (AvgIpc) is 2.34. The van der Waals surface area contributed by atoms with Crippen LogP contribution in [0.5, 0.6) is 0 Å². The Hall–Kier alpha value is -1.62.